The van der Waals surface area contributed by atoms with Gasteiger partial charge in [0.2, 0.25) is 0 Å². The SMILES string of the molecule is C#CC(C)(C)Nc1cccc(C(=O)O)n1. The normalized spacial score (nSPS) is 10.5. The van der Waals surface area contributed by atoms with E-state index in [-0.39, 0.29) is 5.69 Å². The molecule has 78 valence electrons. The molecule has 1 aromatic heterocycles. The van der Waals surface area contributed by atoms with Crippen molar-refractivity contribution in [2.24, 2.45) is 0 Å². The zero-order valence-corrected chi connectivity index (χ0v) is 8.61. The van der Waals surface area contributed by atoms with Crippen LogP contribution < -0.4 is 5.32 Å². The van der Waals surface area contributed by atoms with E-state index < -0.39 is 11.5 Å². The van der Waals surface area contributed by atoms with Gasteiger partial charge in [-0.1, -0.05) is 12.0 Å². The van der Waals surface area contributed by atoms with Gasteiger partial charge in [0.1, 0.15) is 5.82 Å². The molecule has 1 rings (SSSR count). The fraction of sp³-hybridized carbons (Fsp3) is 0.273. The molecule has 0 atom stereocenters. The zero-order valence-electron chi connectivity index (χ0n) is 8.61. The minimum absolute atomic E-state index is 0.00665. The topological polar surface area (TPSA) is 62.2 Å². The van der Waals surface area contributed by atoms with E-state index in [1.807, 2.05) is 13.8 Å². The van der Waals surface area contributed by atoms with Crippen molar-refractivity contribution >= 4 is 11.8 Å². The van der Waals surface area contributed by atoms with Gasteiger partial charge in [-0.2, -0.15) is 0 Å². The Bertz CT molecular complexity index is 419. The molecule has 0 aromatic carbocycles. The number of carboxylic acids is 1. The Morgan fingerprint density at radius 2 is 2.27 bits per heavy atom. The van der Waals surface area contributed by atoms with Crippen molar-refractivity contribution in [3.63, 3.8) is 0 Å². The quantitative estimate of drug-likeness (QED) is 0.734. The number of carboxylic acid groups (broad SMARTS) is 1. The van der Waals surface area contributed by atoms with Crippen LogP contribution in [-0.2, 0) is 0 Å². The molecule has 0 bridgehead atoms. The Hall–Kier alpha value is -2.02. The maximum atomic E-state index is 10.7. The molecule has 0 aliphatic rings. The maximum Gasteiger partial charge on any atom is 0.354 e. The Morgan fingerprint density at radius 3 is 2.80 bits per heavy atom. The van der Waals surface area contributed by atoms with Crippen molar-refractivity contribution in [1.29, 1.82) is 0 Å². The van der Waals surface area contributed by atoms with Gasteiger partial charge in [-0.15, -0.1) is 6.42 Å². The van der Waals surface area contributed by atoms with Crippen molar-refractivity contribution < 1.29 is 9.90 Å². The third-order valence-electron chi connectivity index (χ3n) is 1.77. The molecule has 0 unspecified atom stereocenters. The number of nitrogens with one attached hydrogen (secondary N) is 1. The van der Waals surface area contributed by atoms with Crippen LogP contribution in [0.1, 0.15) is 24.3 Å². The molecule has 0 aliphatic heterocycles. The van der Waals surface area contributed by atoms with Crippen molar-refractivity contribution in [3.05, 3.63) is 23.9 Å². The predicted molar refractivity (Wildman–Crippen MR) is 57.7 cm³/mol. The molecule has 1 aromatic rings. The van der Waals surface area contributed by atoms with Gasteiger partial charge in [0, 0.05) is 0 Å². The molecule has 1 heterocycles. The fourth-order valence-electron chi connectivity index (χ4n) is 0.980. The summed E-state index contributed by atoms with van der Waals surface area (Å²) >= 11 is 0. The molecule has 4 heteroatoms. The number of anilines is 1. The number of rotatable bonds is 3. The lowest BCUT2D eigenvalue weighted by atomic mass is 10.1. The van der Waals surface area contributed by atoms with E-state index >= 15 is 0 Å². The molecular weight excluding hydrogens is 192 g/mol. The second kappa shape index (κ2) is 4.01. The first-order chi connectivity index (χ1) is 6.94. The molecule has 0 spiro atoms. The van der Waals surface area contributed by atoms with Crippen molar-refractivity contribution in [2.45, 2.75) is 19.4 Å². The van der Waals surface area contributed by atoms with Gasteiger partial charge in [-0.3, -0.25) is 0 Å². The first kappa shape index (κ1) is 11.1. The number of aromatic carboxylic acids is 1. The number of hydrogen-bond acceptors (Lipinski definition) is 3. The molecule has 0 radical (unpaired) electrons. The predicted octanol–water partition coefficient (Wildman–Crippen LogP) is 1.60. The Kier molecular flexibility index (Phi) is 2.96. The maximum absolute atomic E-state index is 10.7. The summed E-state index contributed by atoms with van der Waals surface area (Å²) in [5.41, 5.74) is -0.558. The molecule has 0 aliphatic carbocycles. The average molecular weight is 204 g/mol. The molecule has 0 fully saturated rings. The van der Waals surface area contributed by atoms with E-state index in [1.165, 1.54) is 6.07 Å². The zero-order chi connectivity index (χ0) is 11.5. The van der Waals surface area contributed by atoms with Crippen molar-refractivity contribution in [2.75, 3.05) is 5.32 Å². The third-order valence-corrected chi connectivity index (χ3v) is 1.77. The standard InChI is InChI=1S/C11H12N2O2/c1-4-11(2,3)13-9-7-5-6-8(12-9)10(14)15/h1,5-7H,2-3H3,(H,12,13)(H,14,15). The van der Waals surface area contributed by atoms with Crippen LogP contribution in [0.4, 0.5) is 5.82 Å². The van der Waals surface area contributed by atoms with Crippen LogP contribution >= 0.6 is 0 Å². The highest BCUT2D eigenvalue weighted by molar-refractivity contribution is 5.85. The highest BCUT2D eigenvalue weighted by atomic mass is 16.4. The van der Waals surface area contributed by atoms with Crippen molar-refractivity contribution in [3.8, 4) is 12.3 Å². The van der Waals surface area contributed by atoms with Crippen LogP contribution in [0.25, 0.3) is 0 Å². The summed E-state index contributed by atoms with van der Waals surface area (Å²) in [5, 5.41) is 11.7. The minimum Gasteiger partial charge on any atom is -0.477 e. The summed E-state index contributed by atoms with van der Waals surface area (Å²) in [4.78, 5) is 14.6. The van der Waals surface area contributed by atoms with Crippen LogP contribution in [0.3, 0.4) is 0 Å². The van der Waals surface area contributed by atoms with Gasteiger partial charge in [0.05, 0.1) is 5.54 Å². The summed E-state index contributed by atoms with van der Waals surface area (Å²) in [6.07, 6.45) is 5.30. The van der Waals surface area contributed by atoms with Crippen LogP contribution in [0.5, 0.6) is 0 Å². The lowest BCUT2D eigenvalue weighted by Crippen LogP contribution is -2.29. The second-order valence-electron chi connectivity index (χ2n) is 3.61. The molecule has 2 N–H and O–H groups in total. The minimum atomic E-state index is -1.06. The molecule has 0 amide bonds. The Labute approximate surface area is 88.3 Å². The number of hydrogen-bond donors (Lipinski definition) is 2. The number of aromatic nitrogens is 1. The average Bonchev–Trinajstić information content (AvgIpc) is 2.17. The molecule has 0 saturated heterocycles. The lowest BCUT2D eigenvalue weighted by molar-refractivity contribution is 0.0690. The van der Waals surface area contributed by atoms with E-state index in [9.17, 15) is 4.79 Å². The Morgan fingerprint density at radius 1 is 1.60 bits per heavy atom. The van der Waals surface area contributed by atoms with Gasteiger partial charge in [0.15, 0.2) is 5.69 Å². The van der Waals surface area contributed by atoms with Gasteiger partial charge < -0.3 is 10.4 Å². The second-order valence-corrected chi connectivity index (χ2v) is 3.61. The summed E-state index contributed by atoms with van der Waals surface area (Å²) in [6, 6.07) is 4.72. The summed E-state index contributed by atoms with van der Waals surface area (Å²) in [7, 11) is 0. The van der Waals surface area contributed by atoms with E-state index in [2.05, 4.69) is 16.2 Å². The van der Waals surface area contributed by atoms with Crippen LogP contribution in [0.2, 0.25) is 0 Å². The summed E-state index contributed by atoms with van der Waals surface area (Å²) in [5.74, 6) is 1.94. The Balaban J connectivity index is 2.93. The van der Waals surface area contributed by atoms with Crippen LogP contribution in [0, 0.1) is 12.3 Å². The molecule has 15 heavy (non-hydrogen) atoms. The van der Waals surface area contributed by atoms with E-state index in [1.54, 1.807) is 12.1 Å². The number of carbonyl (C=O) groups is 1. The van der Waals surface area contributed by atoms with E-state index in [4.69, 9.17) is 11.5 Å². The summed E-state index contributed by atoms with van der Waals surface area (Å²) in [6.45, 7) is 3.62. The number of nitrogens with zero attached hydrogens (tertiary/aromatic N) is 1. The lowest BCUT2D eigenvalue weighted by Gasteiger charge is -2.20. The smallest absolute Gasteiger partial charge is 0.354 e. The monoisotopic (exact) mass is 204 g/mol. The molecule has 0 saturated carbocycles. The van der Waals surface area contributed by atoms with Gasteiger partial charge in [0.25, 0.3) is 0 Å². The third kappa shape index (κ3) is 2.99. The largest absolute Gasteiger partial charge is 0.477 e. The number of terminal acetylenes is 1. The first-order valence-corrected chi connectivity index (χ1v) is 4.41. The highest BCUT2D eigenvalue weighted by Crippen LogP contribution is 2.12. The summed E-state index contributed by atoms with van der Waals surface area (Å²) < 4.78 is 0. The van der Waals surface area contributed by atoms with E-state index in [0.717, 1.165) is 0 Å². The molecular formula is C11H12N2O2. The van der Waals surface area contributed by atoms with Gasteiger partial charge >= 0.3 is 5.97 Å². The van der Waals surface area contributed by atoms with Crippen LogP contribution in [-0.4, -0.2) is 21.6 Å². The van der Waals surface area contributed by atoms with E-state index in [0.29, 0.717) is 5.82 Å². The first-order valence-electron chi connectivity index (χ1n) is 4.41. The number of pyridine rings is 1. The van der Waals surface area contributed by atoms with Gasteiger partial charge in [-0.05, 0) is 26.0 Å². The van der Waals surface area contributed by atoms with Gasteiger partial charge in [-0.25, -0.2) is 9.78 Å². The highest BCUT2D eigenvalue weighted by Gasteiger charge is 2.14. The molecule has 4 nitrogen and oxygen atoms in total. The van der Waals surface area contributed by atoms with Crippen molar-refractivity contribution in [1.82, 2.24) is 4.98 Å². The fourth-order valence-corrected chi connectivity index (χ4v) is 0.980. The van der Waals surface area contributed by atoms with Crippen LogP contribution in [0.15, 0.2) is 18.2 Å².